The van der Waals surface area contributed by atoms with Crippen LogP contribution in [0.1, 0.15) is 48.5 Å². The van der Waals surface area contributed by atoms with Crippen molar-refractivity contribution in [3.8, 4) is 0 Å². The van der Waals surface area contributed by atoms with Crippen molar-refractivity contribution in [1.82, 2.24) is 0 Å². The average molecular weight is 460 g/mol. The van der Waals surface area contributed by atoms with Gasteiger partial charge >= 0.3 is 0 Å². The monoisotopic (exact) mass is 459 g/mol. The van der Waals surface area contributed by atoms with Crippen molar-refractivity contribution in [3.63, 3.8) is 0 Å². The fraction of sp³-hybridized carbons (Fsp3) is 0.414. The number of ether oxygens (including phenoxy) is 4. The summed E-state index contributed by atoms with van der Waals surface area (Å²) in [5.41, 5.74) is 3.04. The van der Waals surface area contributed by atoms with Crippen molar-refractivity contribution in [2.45, 2.75) is 43.6 Å². The molecule has 0 N–H and O–H groups in total. The van der Waals surface area contributed by atoms with E-state index in [2.05, 4.69) is 55.1 Å². The van der Waals surface area contributed by atoms with E-state index in [4.69, 9.17) is 23.9 Å². The number of hydrogen-bond donors (Lipinski definition) is 0. The molecule has 0 bridgehead atoms. The highest BCUT2D eigenvalue weighted by atomic mass is 16.7. The Balaban J connectivity index is 1.56. The molecule has 0 spiro atoms. The largest absolute Gasteiger partial charge is 0.470 e. The molecule has 1 aliphatic carbocycles. The third-order valence-corrected chi connectivity index (χ3v) is 7.31. The molecule has 5 rings (SSSR count). The topological polar surface area (TPSA) is 49.3 Å². The zero-order valence-corrected chi connectivity index (χ0v) is 20.0. The van der Waals surface area contributed by atoms with E-state index in [-0.39, 0.29) is 18.1 Å². The summed E-state index contributed by atoms with van der Waals surface area (Å²) in [6.07, 6.45) is 7.77. The Labute approximate surface area is 202 Å². The molecule has 1 saturated heterocycles. The second-order valence-corrected chi connectivity index (χ2v) is 9.45. The summed E-state index contributed by atoms with van der Waals surface area (Å²) in [5, 5.41) is 0. The van der Waals surface area contributed by atoms with Crippen molar-refractivity contribution in [2.75, 3.05) is 26.9 Å². The molecule has 1 fully saturated rings. The molecule has 4 unspecified atom stereocenters. The Bertz CT molecular complexity index is 1070. The van der Waals surface area contributed by atoms with Gasteiger partial charge in [0.25, 0.3) is 0 Å². The second-order valence-electron chi connectivity index (χ2n) is 9.45. The number of fused-ring (bicyclic) bond motifs is 1. The molecule has 2 aromatic carbocycles. The van der Waals surface area contributed by atoms with Gasteiger partial charge in [-0.15, -0.1) is 6.58 Å². The van der Waals surface area contributed by atoms with Crippen LogP contribution in [0.2, 0.25) is 0 Å². The van der Waals surface area contributed by atoms with E-state index >= 15 is 0 Å². The smallest absolute Gasteiger partial charge is 0.195 e. The summed E-state index contributed by atoms with van der Waals surface area (Å²) in [4.78, 5) is 5.16. The molecule has 178 valence electrons. The minimum absolute atomic E-state index is 0.00942. The Kier molecular flexibility index (Phi) is 6.43. The molecule has 2 aliphatic heterocycles. The molecular formula is C29H33NO4. The maximum absolute atomic E-state index is 6.74. The van der Waals surface area contributed by atoms with E-state index in [0.717, 1.165) is 24.3 Å². The van der Waals surface area contributed by atoms with Gasteiger partial charge in [0.15, 0.2) is 11.7 Å². The predicted octanol–water partition coefficient (Wildman–Crippen LogP) is 5.70. The van der Waals surface area contributed by atoms with E-state index < -0.39 is 11.2 Å². The van der Waals surface area contributed by atoms with Gasteiger partial charge in [-0.25, -0.2) is 4.99 Å². The molecule has 3 aliphatic rings. The van der Waals surface area contributed by atoms with E-state index in [0.29, 0.717) is 19.8 Å². The number of aliphatic imine (C=N–C) groups is 1. The summed E-state index contributed by atoms with van der Waals surface area (Å²) < 4.78 is 24.2. The van der Waals surface area contributed by atoms with Gasteiger partial charge in [-0.1, -0.05) is 72.8 Å². The summed E-state index contributed by atoms with van der Waals surface area (Å²) in [5.74, 6) is 0.142. The maximum atomic E-state index is 6.74. The third kappa shape index (κ3) is 4.13. The van der Waals surface area contributed by atoms with E-state index in [9.17, 15) is 0 Å². The Hall–Kier alpha value is -2.73. The first kappa shape index (κ1) is 23.0. The highest BCUT2D eigenvalue weighted by Gasteiger charge is 2.50. The quantitative estimate of drug-likeness (QED) is 0.475. The van der Waals surface area contributed by atoms with Gasteiger partial charge in [-0.05, 0) is 30.0 Å². The van der Waals surface area contributed by atoms with Gasteiger partial charge in [0.2, 0.25) is 0 Å². The van der Waals surface area contributed by atoms with Gasteiger partial charge in [-0.2, -0.15) is 0 Å². The molecule has 4 atom stereocenters. The SMILES string of the molecule is C=CC1c2ccccc2C=CC1(CCC1(C)OCCO1)C1=NC(COC)C(c2ccccc2)O1. The van der Waals surface area contributed by atoms with Crippen LogP contribution < -0.4 is 0 Å². The zero-order valence-electron chi connectivity index (χ0n) is 20.0. The number of hydrogen-bond acceptors (Lipinski definition) is 5. The molecule has 0 radical (unpaired) electrons. The van der Waals surface area contributed by atoms with Gasteiger partial charge < -0.3 is 18.9 Å². The first-order valence-corrected chi connectivity index (χ1v) is 12.1. The normalized spacial score (nSPS) is 29.4. The molecule has 2 heterocycles. The third-order valence-electron chi connectivity index (χ3n) is 7.31. The second kappa shape index (κ2) is 9.49. The fourth-order valence-corrected chi connectivity index (χ4v) is 5.49. The lowest BCUT2D eigenvalue weighted by atomic mass is 9.64. The minimum Gasteiger partial charge on any atom is -0.470 e. The van der Waals surface area contributed by atoms with Crippen LogP contribution in [0.3, 0.4) is 0 Å². The molecule has 2 aromatic rings. The highest BCUT2D eigenvalue weighted by Crippen LogP contribution is 2.52. The minimum atomic E-state index is -0.604. The van der Waals surface area contributed by atoms with Crippen molar-refractivity contribution in [1.29, 1.82) is 0 Å². The van der Waals surface area contributed by atoms with Gasteiger partial charge in [0.1, 0.15) is 12.1 Å². The lowest BCUT2D eigenvalue weighted by molar-refractivity contribution is -0.150. The van der Waals surface area contributed by atoms with Crippen molar-refractivity contribution < 1.29 is 18.9 Å². The molecule has 0 saturated carbocycles. The Morgan fingerprint density at radius 3 is 2.53 bits per heavy atom. The van der Waals surface area contributed by atoms with Crippen LogP contribution in [0.4, 0.5) is 0 Å². The summed E-state index contributed by atoms with van der Waals surface area (Å²) >= 11 is 0. The summed E-state index contributed by atoms with van der Waals surface area (Å²) in [7, 11) is 1.71. The van der Waals surface area contributed by atoms with Gasteiger partial charge in [-0.3, -0.25) is 0 Å². The predicted molar refractivity (Wildman–Crippen MR) is 134 cm³/mol. The number of methoxy groups -OCH3 is 1. The lowest BCUT2D eigenvalue weighted by Crippen LogP contribution is -2.40. The Morgan fingerprint density at radius 2 is 1.79 bits per heavy atom. The highest BCUT2D eigenvalue weighted by molar-refractivity contribution is 5.90. The Morgan fingerprint density at radius 1 is 1.06 bits per heavy atom. The van der Waals surface area contributed by atoms with Crippen LogP contribution in [-0.4, -0.2) is 44.7 Å². The number of rotatable bonds is 8. The van der Waals surface area contributed by atoms with Crippen LogP contribution in [0.5, 0.6) is 0 Å². The van der Waals surface area contributed by atoms with Crippen LogP contribution >= 0.6 is 0 Å². The number of benzene rings is 2. The molecular weight excluding hydrogens is 426 g/mol. The first-order chi connectivity index (χ1) is 16.6. The number of nitrogens with zero attached hydrogens (tertiary/aromatic N) is 1. The van der Waals surface area contributed by atoms with Crippen molar-refractivity contribution in [2.24, 2.45) is 10.4 Å². The lowest BCUT2D eigenvalue weighted by Gasteiger charge is -2.41. The molecule has 0 amide bonds. The maximum Gasteiger partial charge on any atom is 0.195 e. The van der Waals surface area contributed by atoms with Crippen molar-refractivity contribution in [3.05, 3.63) is 90.0 Å². The first-order valence-electron chi connectivity index (χ1n) is 12.1. The zero-order chi connectivity index (χ0) is 23.6. The van der Waals surface area contributed by atoms with E-state index in [1.165, 1.54) is 11.1 Å². The van der Waals surface area contributed by atoms with Crippen LogP contribution in [0.25, 0.3) is 6.08 Å². The van der Waals surface area contributed by atoms with E-state index in [1.807, 2.05) is 31.2 Å². The van der Waals surface area contributed by atoms with Crippen LogP contribution in [0.15, 0.2) is 78.3 Å². The standard InChI is InChI=1S/C29H33NO4/c1-4-24-23-13-9-8-10-21(23)14-15-29(24,17-16-28(2)32-18-19-33-28)27-30-25(20-31-3)26(34-27)22-11-6-5-7-12-22/h4-15,24-26H,1,16-20H2,2-3H3. The summed E-state index contributed by atoms with van der Waals surface area (Å²) in [6, 6.07) is 18.6. The molecule has 0 aromatic heterocycles. The van der Waals surface area contributed by atoms with E-state index in [1.54, 1.807) is 7.11 Å². The van der Waals surface area contributed by atoms with Crippen LogP contribution in [-0.2, 0) is 18.9 Å². The van der Waals surface area contributed by atoms with Gasteiger partial charge in [0.05, 0.1) is 25.2 Å². The molecule has 5 nitrogen and oxygen atoms in total. The molecule has 34 heavy (non-hydrogen) atoms. The van der Waals surface area contributed by atoms with Gasteiger partial charge in [0, 0.05) is 19.4 Å². The van der Waals surface area contributed by atoms with Crippen LogP contribution in [0, 0.1) is 5.41 Å². The number of allylic oxidation sites excluding steroid dienone is 1. The average Bonchev–Trinajstić information content (AvgIpc) is 3.50. The fourth-order valence-electron chi connectivity index (χ4n) is 5.49. The molecule has 5 heteroatoms. The van der Waals surface area contributed by atoms with Crippen molar-refractivity contribution >= 4 is 12.0 Å². The summed E-state index contributed by atoms with van der Waals surface area (Å²) in [6.45, 7) is 8.00.